The fourth-order valence-electron chi connectivity index (χ4n) is 1.59. The Kier molecular flexibility index (Phi) is 3.09. The van der Waals surface area contributed by atoms with Crippen molar-refractivity contribution in [1.29, 1.82) is 0 Å². The van der Waals surface area contributed by atoms with E-state index in [2.05, 4.69) is 9.97 Å². The molecule has 2 heterocycles. The van der Waals surface area contributed by atoms with Crippen molar-refractivity contribution in [2.45, 2.75) is 0 Å². The second-order valence-corrected chi connectivity index (χ2v) is 3.67. The summed E-state index contributed by atoms with van der Waals surface area (Å²) in [5.74, 6) is -0.682. The number of nitrogen functional groups attached to an aromatic ring is 1. The van der Waals surface area contributed by atoms with E-state index in [-0.39, 0.29) is 11.3 Å². The van der Waals surface area contributed by atoms with E-state index in [1.54, 1.807) is 30.4 Å². The smallest absolute Gasteiger partial charge is 0.337 e. The lowest BCUT2D eigenvalue weighted by atomic mass is 10.2. The molecule has 0 amide bonds. The third-order valence-electron chi connectivity index (χ3n) is 2.55. The summed E-state index contributed by atoms with van der Waals surface area (Å²) in [5, 5.41) is 9.00. The Labute approximate surface area is 104 Å². The van der Waals surface area contributed by atoms with Gasteiger partial charge in [0.05, 0.1) is 23.1 Å². The Morgan fingerprint density at radius 2 is 2.17 bits per heavy atom. The third-order valence-corrected chi connectivity index (χ3v) is 2.55. The van der Waals surface area contributed by atoms with E-state index in [0.717, 1.165) is 5.69 Å². The van der Waals surface area contributed by atoms with E-state index in [1.807, 2.05) is 6.07 Å². The molecule has 0 atom stereocenters. The lowest BCUT2D eigenvalue weighted by Gasteiger charge is -2.20. The molecule has 0 aliphatic rings. The largest absolute Gasteiger partial charge is 0.478 e. The maximum absolute atomic E-state index is 11.0. The summed E-state index contributed by atoms with van der Waals surface area (Å²) in [6.07, 6.45) is 4.72. The van der Waals surface area contributed by atoms with Crippen LogP contribution >= 0.6 is 0 Å². The van der Waals surface area contributed by atoms with Crippen molar-refractivity contribution in [2.24, 2.45) is 0 Å². The van der Waals surface area contributed by atoms with Crippen LogP contribution in [0.4, 0.5) is 17.2 Å². The van der Waals surface area contributed by atoms with Crippen LogP contribution in [-0.2, 0) is 0 Å². The van der Waals surface area contributed by atoms with Crippen LogP contribution in [0.15, 0.2) is 36.8 Å². The lowest BCUT2D eigenvalue weighted by Crippen LogP contribution is -2.15. The van der Waals surface area contributed by atoms with Crippen molar-refractivity contribution in [3.8, 4) is 0 Å². The Bertz CT molecular complexity index is 572. The third kappa shape index (κ3) is 2.08. The van der Waals surface area contributed by atoms with Crippen LogP contribution in [0.5, 0.6) is 0 Å². The molecule has 0 bridgehead atoms. The highest BCUT2D eigenvalue weighted by Crippen LogP contribution is 2.28. The molecule has 0 fully saturated rings. The Balaban J connectivity index is 2.46. The monoisotopic (exact) mass is 244 g/mol. The van der Waals surface area contributed by atoms with Crippen molar-refractivity contribution in [3.05, 3.63) is 42.4 Å². The van der Waals surface area contributed by atoms with Gasteiger partial charge in [0, 0.05) is 19.4 Å². The number of aromatic carboxylic acids is 1. The van der Waals surface area contributed by atoms with E-state index >= 15 is 0 Å². The molecule has 0 aromatic carbocycles. The average molecular weight is 244 g/mol. The number of nitrogens with zero attached hydrogens (tertiary/aromatic N) is 3. The van der Waals surface area contributed by atoms with E-state index in [4.69, 9.17) is 10.8 Å². The van der Waals surface area contributed by atoms with E-state index in [1.165, 1.54) is 12.3 Å². The first-order valence-electron chi connectivity index (χ1n) is 5.23. The normalized spacial score (nSPS) is 10.1. The van der Waals surface area contributed by atoms with Gasteiger partial charge in [-0.05, 0) is 18.2 Å². The zero-order valence-corrected chi connectivity index (χ0v) is 9.74. The number of carboxylic acids is 1. The second kappa shape index (κ2) is 4.70. The number of hydrogen-bond acceptors (Lipinski definition) is 5. The van der Waals surface area contributed by atoms with Gasteiger partial charge in [-0.15, -0.1) is 0 Å². The Morgan fingerprint density at radius 1 is 1.39 bits per heavy atom. The lowest BCUT2D eigenvalue weighted by molar-refractivity contribution is 0.0698. The molecule has 0 radical (unpaired) electrons. The molecule has 2 aromatic heterocycles. The van der Waals surface area contributed by atoms with Gasteiger partial charge in [0.15, 0.2) is 5.82 Å². The van der Waals surface area contributed by atoms with Crippen molar-refractivity contribution >= 4 is 23.2 Å². The van der Waals surface area contributed by atoms with Gasteiger partial charge < -0.3 is 15.7 Å². The summed E-state index contributed by atoms with van der Waals surface area (Å²) in [5.41, 5.74) is 6.77. The molecular formula is C12H12N4O2. The standard InChI is InChI=1S/C12H12N4O2/c1-16(8-3-2-5-14-7-8)11-10(13)9(12(17)18)4-6-15-11/h2-7H,13H2,1H3,(H,17,18). The Morgan fingerprint density at radius 3 is 2.78 bits per heavy atom. The minimum Gasteiger partial charge on any atom is -0.478 e. The molecule has 0 spiro atoms. The van der Waals surface area contributed by atoms with E-state index < -0.39 is 5.97 Å². The van der Waals surface area contributed by atoms with Crippen LogP contribution in [0.2, 0.25) is 0 Å². The molecule has 2 aromatic rings. The first kappa shape index (κ1) is 11.8. The number of carbonyl (C=O) groups is 1. The van der Waals surface area contributed by atoms with Crippen molar-refractivity contribution in [3.63, 3.8) is 0 Å². The molecule has 0 saturated carbocycles. The topological polar surface area (TPSA) is 92.3 Å². The van der Waals surface area contributed by atoms with Crippen molar-refractivity contribution < 1.29 is 9.90 Å². The maximum Gasteiger partial charge on any atom is 0.337 e. The number of carboxylic acid groups (broad SMARTS) is 1. The molecule has 92 valence electrons. The highest BCUT2D eigenvalue weighted by Gasteiger charge is 2.15. The van der Waals surface area contributed by atoms with Gasteiger partial charge in [-0.1, -0.05) is 0 Å². The summed E-state index contributed by atoms with van der Waals surface area (Å²) < 4.78 is 0. The molecule has 2 rings (SSSR count). The quantitative estimate of drug-likeness (QED) is 0.850. The van der Waals surface area contributed by atoms with Gasteiger partial charge in [0.1, 0.15) is 0 Å². The van der Waals surface area contributed by atoms with Crippen LogP contribution in [-0.4, -0.2) is 28.1 Å². The highest BCUT2D eigenvalue weighted by molar-refractivity contribution is 5.96. The summed E-state index contributed by atoms with van der Waals surface area (Å²) in [4.78, 5) is 20.8. The van der Waals surface area contributed by atoms with Crippen LogP contribution in [0, 0.1) is 0 Å². The van der Waals surface area contributed by atoms with Gasteiger partial charge >= 0.3 is 5.97 Å². The number of nitrogens with two attached hydrogens (primary N) is 1. The van der Waals surface area contributed by atoms with Gasteiger partial charge in [0.25, 0.3) is 0 Å². The van der Waals surface area contributed by atoms with E-state index in [0.29, 0.717) is 5.82 Å². The summed E-state index contributed by atoms with van der Waals surface area (Å²) in [6.45, 7) is 0. The molecule has 0 aliphatic heterocycles. The molecule has 0 unspecified atom stereocenters. The molecule has 0 saturated heterocycles. The minimum absolute atomic E-state index is 0.0377. The molecule has 3 N–H and O–H groups in total. The zero-order valence-electron chi connectivity index (χ0n) is 9.74. The first-order chi connectivity index (χ1) is 8.61. The maximum atomic E-state index is 11.0. The number of anilines is 3. The average Bonchev–Trinajstić information content (AvgIpc) is 2.39. The summed E-state index contributed by atoms with van der Waals surface area (Å²) in [6, 6.07) is 4.99. The van der Waals surface area contributed by atoms with Gasteiger partial charge in [-0.3, -0.25) is 4.98 Å². The molecular weight excluding hydrogens is 232 g/mol. The molecule has 18 heavy (non-hydrogen) atoms. The van der Waals surface area contributed by atoms with Crippen molar-refractivity contribution in [1.82, 2.24) is 9.97 Å². The van der Waals surface area contributed by atoms with Gasteiger partial charge in [-0.2, -0.15) is 0 Å². The summed E-state index contributed by atoms with van der Waals surface area (Å²) >= 11 is 0. The summed E-state index contributed by atoms with van der Waals surface area (Å²) in [7, 11) is 1.75. The number of rotatable bonds is 3. The first-order valence-corrected chi connectivity index (χ1v) is 5.23. The SMILES string of the molecule is CN(c1cccnc1)c1nccc(C(=O)O)c1N. The fourth-order valence-corrected chi connectivity index (χ4v) is 1.59. The molecule has 0 aliphatic carbocycles. The van der Waals surface area contributed by atoms with Crippen LogP contribution in [0.1, 0.15) is 10.4 Å². The van der Waals surface area contributed by atoms with E-state index in [9.17, 15) is 4.79 Å². The number of hydrogen-bond donors (Lipinski definition) is 2. The number of pyridine rings is 2. The Hall–Kier alpha value is -2.63. The predicted octanol–water partition coefficient (Wildman–Crippen LogP) is 1.52. The van der Waals surface area contributed by atoms with Gasteiger partial charge in [-0.25, -0.2) is 9.78 Å². The van der Waals surface area contributed by atoms with Crippen molar-refractivity contribution in [2.75, 3.05) is 17.7 Å². The molecule has 6 nitrogen and oxygen atoms in total. The van der Waals surface area contributed by atoms with Crippen LogP contribution in [0.25, 0.3) is 0 Å². The highest BCUT2D eigenvalue weighted by atomic mass is 16.4. The number of aromatic nitrogens is 2. The van der Waals surface area contributed by atoms with Gasteiger partial charge in [0.2, 0.25) is 0 Å². The predicted molar refractivity (Wildman–Crippen MR) is 67.9 cm³/mol. The fraction of sp³-hybridized carbons (Fsp3) is 0.0833. The zero-order chi connectivity index (χ0) is 13.1. The molecule has 6 heteroatoms. The minimum atomic E-state index is -1.07. The second-order valence-electron chi connectivity index (χ2n) is 3.67. The van der Waals surface area contributed by atoms with Crippen LogP contribution < -0.4 is 10.6 Å². The van der Waals surface area contributed by atoms with Crippen LogP contribution in [0.3, 0.4) is 0 Å².